The highest BCUT2D eigenvalue weighted by atomic mass is 19.4. The summed E-state index contributed by atoms with van der Waals surface area (Å²) < 4.78 is 47.2. The lowest BCUT2D eigenvalue weighted by atomic mass is 10.1. The average molecular weight is 459 g/mol. The highest BCUT2D eigenvalue weighted by Gasteiger charge is 2.29. The van der Waals surface area contributed by atoms with Crippen molar-refractivity contribution in [2.45, 2.75) is 12.7 Å². The summed E-state index contributed by atoms with van der Waals surface area (Å²) in [5, 5.41) is 5.30. The van der Waals surface area contributed by atoms with Gasteiger partial charge >= 0.3 is 6.18 Å². The molecule has 0 aliphatic rings. The number of methoxy groups -OCH3 is 1. The summed E-state index contributed by atoms with van der Waals surface area (Å²) in [5.41, 5.74) is 1.10. The van der Waals surface area contributed by atoms with E-state index in [2.05, 4.69) is 15.6 Å². The molecule has 3 aromatic rings. The van der Waals surface area contributed by atoms with Crippen molar-refractivity contribution >= 4 is 17.5 Å². The molecule has 3 rings (SSSR count). The third-order valence-corrected chi connectivity index (χ3v) is 4.43. The number of amides is 2. The van der Waals surface area contributed by atoms with Gasteiger partial charge in [-0.15, -0.1) is 0 Å². The van der Waals surface area contributed by atoms with Crippen LogP contribution in [0, 0.1) is 0 Å². The van der Waals surface area contributed by atoms with E-state index in [0.717, 1.165) is 0 Å². The first-order chi connectivity index (χ1) is 15.8. The van der Waals surface area contributed by atoms with Crippen molar-refractivity contribution < 1.29 is 32.2 Å². The second-order valence-corrected chi connectivity index (χ2v) is 6.78. The molecule has 0 bridgehead atoms. The molecule has 7 nitrogen and oxygen atoms in total. The van der Waals surface area contributed by atoms with E-state index in [1.165, 1.54) is 31.5 Å². The Morgan fingerprint density at radius 3 is 2.39 bits per heavy atom. The van der Waals surface area contributed by atoms with Crippen LogP contribution in [0.3, 0.4) is 0 Å². The first-order valence-electron chi connectivity index (χ1n) is 9.73. The van der Waals surface area contributed by atoms with E-state index >= 15 is 0 Å². The first kappa shape index (κ1) is 23.6. The number of benzene rings is 2. The zero-order valence-electron chi connectivity index (χ0n) is 17.5. The van der Waals surface area contributed by atoms with Gasteiger partial charge in [0.2, 0.25) is 5.88 Å². The number of halogens is 3. The predicted octanol–water partition coefficient (Wildman–Crippen LogP) is 4.21. The number of para-hydroxylation sites is 1. The van der Waals surface area contributed by atoms with E-state index in [4.69, 9.17) is 9.47 Å². The quantitative estimate of drug-likeness (QED) is 0.527. The lowest BCUT2D eigenvalue weighted by Gasteiger charge is -2.14. The third kappa shape index (κ3) is 6.70. The number of hydrogen-bond acceptors (Lipinski definition) is 5. The highest BCUT2D eigenvalue weighted by Crippen LogP contribution is 2.21. The molecule has 0 unspecified atom stereocenters. The maximum atomic E-state index is 12.7. The Morgan fingerprint density at radius 2 is 1.70 bits per heavy atom. The van der Waals surface area contributed by atoms with Crippen LogP contribution in [0.2, 0.25) is 0 Å². The fourth-order valence-electron chi connectivity index (χ4n) is 2.84. The fourth-order valence-corrected chi connectivity index (χ4v) is 2.84. The SMILES string of the molecule is COc1ccc(C(=O)Nc2ccccc2C(=O)NCc2cccnc2OCC(F)(F)F)cc1. The van der Waals surface area contributed by atoms with Crippen molar-refractivity contribution in [3.8, 4) is 11.6 Å². The molecule has 1 aromatic heterocycles. The van der Waals surface area contributed by atoms with Gasteiger partial charge < -0.3 is 20.1 Å². The van der Waals surface area contributed by atoms with Crippen molar-refractivity contribution in [3.05, 3.63) is 83.6 Å². The third-order valence-electron chi connectivity index (χ3n) is 4.43. The van der Waals surface area contributed by atoms with Gasteiger partial charge in [0.25, 0.3) is 11.8 Å². The number of ether oxygens (including phenoxy) is 2. The minimum atomic E-state index is -4.51. The van der Waals surface area contributed by atoms with E-state index in [1.54, 1.807) is 42.5 Å². The van der Waals surface area contributed by atoms with Crippen molar-refractivity contribution in [1.82, 2.24) is 10.3 Å². The molecule has 0 atom stereocenters. The lowest BCUT2D eigenvalue weighted by Crippen LogP contribution is -2.26. The molecule has 2 N–H and O–H groups in total. The molecule has 0 saturated heterocycles. The van der Waals surface area contributed by atoms with Gasteiger partial charge in [0, 0.05) is 23.9 Å². The van der Waals surface area contributed by atoms with Crippen LogP contribution in [-0.2, 0) is 6.54 Å². The Labute approximate surface area is 187 Å². The number of rotatable bonds is 8. The molecule has 0 fully saturated rings. The molecular formula is C23H20F3N3O4. The zero-order chi connectivity index (χ0) is 23.8. The summed E-state index contributed by atoms with van der Waals surface area (Å²) in [6, 6.07) is 15.8. The summed E-state index contributed by atoms with van der Waals surface area (Å²) in [6.45, 7) is -1.62. The molecule has 172 valence electrons. The van der Waals surface area contributed by atoms with Crippen molar-refractivity contribution in [2.24, 2.45) is 0 Å². The molecule has 0 aliphatic heterocycles. The topological polar surface area (TPSA) is 89.5 Å². The number of aromatic nitrogens is 1. The van der Waals surface area contributed by atoms with Crippen molar-refractivity contribution in [3.63, 3.8) is 0 Å². The Kier molecular flexibility index (Phi) is 7.50. The number of alkyl halides is 3. The number of carbonyl (C=O) groups is 2. The Bertz CT molecular complexity index is 1120. The normalized spacial score (nSPS) is 10.9. The van der Waals surface area contributed by atoms with Gasteiger partial charge in [-0.05, 0) is 42.5 Å². The van der Waals surface area contributed by atoms with Gasteiger partial charge in [-0.25, -0.2) is 4.98 Å². The van der Waals surface area contributed by atoms with Crippen LogP contribution in [0.5, 0.6) is 11.6 Å². The maximum absolute atomic E-state index is 12.7. The monoisotopic (exact) mass is 459 g/mol. The van der Waals surface area contributed by atoms with Crippen LogP contribution in [0.1, 0.15) is 26.3 Å². The molecule has 33 heavy (non-hydrogen) atoms. The van der Waals surface area contributed by atoms with Gasteiger partial charge in [-0.1, -0.05) is 18.2 Å². The lowest BCUT2D eigenvalue weighted by molar-refractivity contribution is -0.154. The number of carbonyl (C=O) groups excluding carboxylic acids is 2. The molecule has 0 spiro atoms. The second kappa shape index (κ2) is 10.5. The largest absolute Gasteiger partial charge is 0.497 e. The molecule has 1 heterocycles. The molecule has 2 aromatic carbocycles. The summed E-state index contributed by atoms with van der Waals surface area (Å²) in [5.74, 6) is -0.587. The number of hydrogen-bond donors (Lipinski definition) is 2. The van der Waals surface area contributed by atoms with E-state index < -0.39 is 24.6 Å². The van der Waals surface area contributed by atoms with E-state index in [1.807, 2.05) is 0 Å². The highest BCUT2D eigenvalue weighted by molar-refractivity contribution is 6.09. The number of pyridine rings is 1. The molecule has 10 heteroatoms. The van der Waals surface area contributed by atoms with Crippen molar-refractivity contribution in [1.29, 1.82) is 0 Å². The molecule has 0 radical (unpaired) electrons. The molecule has 2 amide bonds. The van der Waals surface area contributed by atoms with Gasteiger partial charge in [0.05, 0.1) is 18.4 Å². The molecule has 0 saturated carbocycles. The standard InChI is InChI=1S/C23H20F3N3O4/c1-32-17-10-8-15(9-11-17)20(30)29-19-7-3-2-6-18(19)21(31)28-13-16-5-4-12-27-22(16)33-14-23(24,25)26/h2-12H,13-14H2,1H3,(H,28,31)(H,29,30). The van der Waals surface area contributed by atoms with Crippen LogP contribution < -0.4 is 20.1 Å². The van der Waals surface area contributed by atoms with E-state index in [9.17, 15) is 22.8 Å². The molecule has 0 aliphatic carbocycles. The predicted molar refractivity (Wildman–Crippen MR) is 114 cm³/mol. The number of nitrogens with one attached hydrogen (secondary N) is 2. The van der Waals surface area contributed by atoms with Crippen LogP contribution in [0.15, 0.2) is 66.9 Å². The minimum Gasteiger partial charge on any atom is -0.497 e. The molecular weight excluding hydrogens is 439 g/mol. The summed E-state index contributed by atoms with van der Waals surface area (Å²) in [7, 11) is 1.51. The first-order valence-corrected chi connectivity index (χ1v) is 9.73. The van der Waals surface area contributed by atoms with E-state index in [-0.39, 0.29) is 29.2 Å². The van der Waals surface area contributed by atoms with Gasteiger partial charge in [-0.2, -0.15) is 13.2 Å². The number of nitrogens with zero attached hydrogens (tertiary/aromatic N) is 1. The Hall–Kier alpha value is -4.08. The summed E-state index contributed by atoms with van der Waals surface area (Å²) >= 11 is 0. The van der Waals surface area contributed by atoms with Gasteiger partial charge in [0.15, 0.2) is 6.61 Å². The summed E-state index contributed by atoms with van der Waals surface area (Å²) in [6.07, 6.45) is -3.22. The Balaban J connectivity index is 1.69. The summed E-state index contributed by atoms with van der Waals surface area (Å²) in [4.78, 5) is 29.1. The van der Waals surface area contributed by atoms with Gasteiger partial charge in [0.1, 0.15) is 5.75 Å². The van der Waals surface area contributed by atoms with Crippen LogP contribution >= 0.6 is 0 Å². The maximum Gasteiger partial charge on any atom is 0.422 e. The van der Waals surface area contributed by atoms with Gasteiger partial charge in [-0.3, -0.25) is 9.59 Å². The number of anilines is 1. The average Bonchev–Trinajstić information content (AvgIpc) is 2.81. The van der Waals surface area contributed by atoms with E-state index in [0.29, 0.717) is 11.3 Å². The minimum absolute atomic E-state index is 0.124. The smallest absolute Gasteiger partial charge is 0.422 e. The zero-order valence-corrected chi connectivity index (χ0v) is 17.5. The Morgan fingerprint density at radius 1 is 0.970 bits per heavy atom. The van der Waals surface area contributed by atoms with Crippen LogP contribution in [-0.4, -0.2) is 36.7 Å². The van der Waals surface area contributed by atoms with Crippen LogP contribution in [0.25, 0.3) is 0 Å². The van der Waals surface area contributed by atoms with Crippen molar-refractivity contribution in [2.75, 3.05) is 19.0 Å². The fraction of sp³-hybridized carbons (Fsp3) is 0.174. The second-order valence-electron chi connectivity index (χ2n) is 6.78. The van der Waals surface area contributed by atoms with Crippen LogP contribution in [0.4, 0.5) is 18.9 Å².